The molecule has 25 heavy (non-hydrogen) atoms. The second kappa shape index (κ2) is 7.58. The van der Waals surface area contributed by atoms with Gasteiger partial charge in [-0.3, -0.25) is 0 Å². The molecule has 132 valence electrons. The van der Waals surface area contributed by atoms with E-state index in [0.29, 0.717) is 5.69 Å². The number of nitrogens with one attached hydrogen (secondary N) is 1. The van der Waals surface area contributed by atoms with Gasteiger partial charge in [-0.2, -0.15) is 13.6 Å². The van der Waals surface area contributed by atoms with E-state index in [1.807, 2.05) is 6.07 Å². The molecule has 5 nitrogen and oxygen atoms in total. The Labute approximate surface area is 144 Å². The number of anilines is 1. The first-order valence-electron chi connectivity index (χ1n) is 7.92. The number of benzene rings is 2. The molecular weight excluding hydrogens is 330 g/mol. The minimum Gasteiger partial charge on any atom is -0.413 e. The monoisotopic (exact) mass is 349 g/mol. The summed E-state index contributed by atoms with van der Waals surface area (Å²) in [4.78, 5) is 12.7. The first-order valence-corrected chi connectivity index (χ1v) is 7.92. The van der Waals surface area contributed by atoms with Crippen LogP contribution in [0.2, 0.25) is 0 Å². The van der Waals surface area contributed by atoms with Gasteiger partial charge in [0.2, 0.25) is 0 Å². The van der Waals surface area contributed by atoms with Crippen LogP contribution in [-0.2, 0) is 16.1 Å². The average molecular weight is 349 g/mol. The number of quaternary nitrogens is 1. The zero-order valence-electron chi connectivity index (χ0n) is 13.5. The molecule has 1 saturated heterocycles. The molecule has 0 radical (unpaired) electrons. The molecule has 1 N–H and O–H groups in total. The number of rotatable bonds is 4. The van der Waals surface area contributed by atoms with E-state index in [-0.39, 0.29) is 6.61 Å². The van der Waals surface area contributed by atoms with Crippen molar-refractivity contribution in [2.75, 3.05) is 18.6 Å². The van der Waals surface area contributed by atoms with Crippen LogP contribution in [-0.4, -0.2) is 36.5 Å². The molecule has 2 unspecified atom stereocenters. The molecule has 2 aromatic carbocycles. The van der Waals surface area contributed by atoms with Crippen LogP contribution in [0.1, 0.15) is 5.56 Å². The maximum absolute atomic E-state index is 14.7. The molecule has 7 heteroatoms. The highest BCUT2D eigenvalue weighted by molar-refractivity contribution is 5.62. The predicted molar refractivity (Wildman–Crippen MR) is 87.6 cm³/mol. The number of ether oxygens (including phenoxy) is 2. The summed E-state index contributed by atoms with van der Waals surface area (Å²) in [5.74, 6) is 0. The molecule has 1 fully saturated rings. The van der Waals surface area contributed by atoms with Crippen molar-refractivity contribution >= 4 is 11.8 Å². The fourth-order valence-corrected chi connectivity index (χ4v) is 2.64. The Morgan fingerprint density at radius 2 is 1.60 bits per heavy atom. The number of hydrogen-bond acceptors (Lipinski definition) is 4. The summed E-state index contributed by atoms with van der Waals surface area (Å²) in [5.41, 5.74) is 3.80. The van der Waals surface area contributed by atoms with Crippen molar-refractivity contribution in [3.63, 3.8) is 0 Å². The topological polar surface area (TPSA) is 47.6 Å². The highest BCUT2D eigenvalue weighted by atomic mass is 19.2. The third-order valence-electron chi connectivity index (χ3n) is 3.99. The Kier molecular flexibility index (Phi) is 5.25. The number of nitrogens with zero attached hydrogens (tertiary/aromatic N) is 1. The van der Waals surface area contributed by atoms with Gasteiger partial charge in [-0.15, -0.1) is 0 Å². The summed E-state index contributed by atoms with van der Waals surface area (Å²) >= 11 is 0. The van der Waals surface area contributed by atoms with E-state index in [0.717, 1.165) is 5.56 Å². The fraction of sp³-hybridized carbons (Fsp3) is 0.278. The minimum absolute atomic E-state index is 0.0730. The lowest BCUT2D eigenvalue weighted by Gasteiger charge is -2.40. The number of halogens is 2. The molecule has 3 rings (SSSR count). The summed E-state index contributed by atoms with van der Waals surface area (Å²) < 4.78 is 38.1. The van der Waals surface area contributed by atoms with Crippen molar-refractivity contribution in [3.05, 3.63) is 66.2 Å². The number of alkyl halides is 2. The zero-order valence-corrected chi connectivity index (χ0v) is 13.5. The lowest BCUT2D eigenvalue weighted by Crippen LogP contribution is -2.70. The quantitative estimate of drug-likeness (QED) is 0.674. The number of carbonyl (C=O) groups excluding carboxylic acids is 1. The second-order valence-electron chi connectivity index (χ2n) is 5.70. The highest BCUT2D eigenvalue weighted by Gasteiger charge is 2.58. The Morgan fingerprint density at radius 3 is 2.20 bits per heavy atom. The predicted octanol–water partition coefficient (Wildman–Crippen LogP) is 3.79. The van der Waals surface area contributed by atoms with Gasteiger partial charge in [0, 0.05) is 0 Å². The van der Waals surface area contributed by atoms with Crippen LogP contribution in [0.3, 0.4) is 0 Å². The lowest BCUT2D eigenvalue weighted by atomic mass is 10.2. The van der Waals surface area contributed by atoms with Gasteiger partial charge in [0.15, 0.2) is 0 Å². The van der Waals surface area contributed by atoms with Gasteiger partial charge in [0.1, 0.15) is 19.8 Å². The van der Waals surface area contributed by atoms with Gasteiger partial charge in [-0.25, -0.2) is 5.43 Å². The van der Waals surface area contributed by atoms with Gasteiger partial charge in [0.25, 0.3) is 12.6 Å². The van der Waals surface area contributed by atoms with Gasteiger partial charge >= 0.3 is 6.09 Å². The van der Waals surface area contributed by atoms with E-state index in [1.54, 1.807) is 54.6 Å². The Bertz CT molecular complexity index is 690. The third kappa shape index (κ3) is 3.62. The standard InChI is InChI=1S/C18H19F2N2O3/c19-16-12-24-13-17(20)22(16,21-15-9-5-2-6-10-15)18(23)25-11-14-7-3-1-4-8-14/h1-10,16-17,21H,11-13H2/q+1. The van der Waals surface area contributed by atoms with Crippen LogP contribution >= 0.6 is 0 Å². The van der Waals surface area contributed by atoms with E-state index >= 15 is 0 Å². The molecule has 0 bridgehead atoms. The molecule has 0 spiro atoms. The Morgan fingerprint density at radius 1 is 1.04 bits per heavy atom. The van der Waals surface area contributed by atoms with Crippen LogP contribution in [0.5, 0.6) is 0 Å². The first kappa shape index (κ1) is 17.3. The first-order chi connectivity index (χ1) is 12.1. The van der Waals surface area contributed by atoms with E-state index < -0.39 is 36.5 Å². The molecule has 1 aliphatic rings. The third-order valence-corrected chi connectivity index (χ3v) is 3.99. The number of morpholine rings is 1. The molecule has 1 heterocycles. The Hall–Kier alpha value is -2.51. The number of hydrogen-bond donors (Lipinski definition) is 1. The molecule has 2 aromatic rings. The molecule has 2 atom stereocenters. The lowest BCUT2D eigenvalue weighted by molar-refractivity contribution is -0.925. The summed E-state index contributed by atoms with van der Waals surface area (Å²) in [7, 11) is 0. The van der Waals surface area contributed by atoms with Gasteiger partial charge in [-0.05, 0) is 17.7 Å². The minimum atomic E-state index is -1.94. The smallest absolute Gasteiger partial charge is 0.413 e. The number of amides is 1. The van der Waals surface area contributed by atoms with Gasteiger partial charge in [0.05, 0.1) is 5.69 Å². The fourth-order valence-electron chi connectivity index (χ4n) is 2.64. The molecule has 1 amide bonds. The SMILES string of the molecule is O=C(OCc1ccccc1)[N+]1(Nc2ccccc2)C(F)COCC1F. The van der Waals surface area contributed by atoms with Crippen LogP contribution in [0, 0.1) is 0 Å². The molecular formula is C18H19F2N2O3+. The summed E-state index contributed by atoms with van der Waals surface area (Å²) in [6.45, 7) is -0.877. The van der Waals surface area contributed by atoms with Crippen molar-refractivity contribution in [1.82, 2.24) is 0 Å². The van der Waals surface area contributed by atoms with E-state index in [4.69, 9.17) is 9.47 Å². The largest absolute Gasteiger partial charge is 0.546 e. The maximum Gasteiger partial charge on any atom is 0.546 e. The highest BCUT2D eigenvalue weighted by Crippen LogP contribution is 2.30. The van der Waals surface area contributed by atoms with Crippen molar-refractivity contribution in [1.29, 1.82) is 0 Å². The number of carbonyl (C=O) groups is 1. The Balaban J connectivity index is 1.83. The van der Waals surface area contributed by atoms with Crippen LogP contribution in [0.4, 0.5) is 19.3 Å². The second-order valence-corrected chi connectivity index (χ2v) is 5.70. The van der Waals surface area contributed by atoms with Crippen molar-refractivity contribution < 1.29 is 27.6 Å². The van der Waals surface area contributed by atoms with Gasteiger partial charge in [-0.1, -0.05) is 53.1 Å². The van der Waals surface area contributed by atoms with Crippen LogP contribution in [0.25, 0.3) is 0 Å². The summed E-state index contributed by atoms with van der Waals surface area (Å²) in [6, 6.07) is 17.4. The molecule has 0 saturated carbocycles. The van der Waals surface area contributed by atoms with E-state index in [9.17, 15) is 13.6 Å². The molecule has 0 aromatic heterocycles. The summed E-state index contributed by atoms with van der Waals surface area (Å²) in [5, 5.41) is 0. The van der Waals surface area contributed by atoms with Crippen LogP contribution in [0.15, 0.2) is 60.7 Å². The maximum atomic E-state index is 14.7. The zero-order chi connectivity index (χ0) is 17.7. The molecule has 0 aliphatic carbocycles. The van der Waals surface area contributed by atoms with E-state index in [1.165, 1.54) is 0 Å². The van der Waals surface area contributed by atoms with Gasteiger partial charge < -0.3 is 9.47 Å². The summed E-state index contributed by atoms with van der Waals surface area (Å²) in [6.07, 6.45) is -4.91. The average Bonchev–Trinajstić information content (AvgIpc) is 2.64. The van der Waals surface area contributed by atoms with Crippen molar-refractivity contribution in [2.45, 2.75) is 19.2 Å². The van der Waals surface area contributed by atoms with Crippen LogP contribution < -0.4 is 5.43 Å². The molecule has 1 aliphatic heterocycles. The normalized spacial score (nSPS) is 26.0. The van der Waals surface area contributed by atoms with E-state index in [2.05, 4.69) is 5.43 Å². The van der Waals surface area contributed by atoms with Crippen molar-refractivity contribution in [3.8, 4) is 0 Å². The van der Waals surface area contributed by atoms with Crippen molar-refractivity contribution in [2.24, 2.45) is 0 Å². The number of para-hydroxylation sites is 1.